The molecule has 0 aliphatic carbocycles. The molecule has 0 atom stereocenters. The van der Waals surface area contributed by atoms with E-state index in [1.54, 1.807) is 18.2 Å². The van der Waals surface area contributed by atoms with Gasteiger partial charge in [0, 0.05) is 3.57 Å². The molecule has 110 valence electrons. The average molecular weight is 621 g/mol. The number of hydrogen-bond donors (Lipinski definition) is 2. The van der Waals surface area contributed by atoms with E-state index in [1.807, 2.05) is 12.1 Å². The Morgan fingerprint density at radius 1 is 1.24 bits per heavy atom. The Bertz CT molecular complexity index is 656. The molecule has 8 heteroatoms. The quantitative estimate of drug-likeness (QED) is 0.239. The Kier molecular flexibility index (Phi) is 6.43. The summed E-state index contributed by atoms with van der Waals surface area (Å²) < 4.78 is 9.08. The Hall–Kier alpha value is -0.210. The number of nitrogen functional groups attached to an aromatic ring is 1. The fraction of sp³-hybridized carbons (Fsp3) is 0.0769. The summed E-state index contributed by atoms with van der Waals surface area (Å²) in [6.07, 6.45) is 0. The summed E-state index contributed by atoms with van der Waals surface area (Å²) in [5, 5.41) is 0. The minimum atomic E-state index is -0.421. The van der Waals surface area contributed by atoms with Gasteiger partial charge in [-0.05, 0) is 92.0 Å². The van der Waals surface area contributed by atoms with Crippen molar-refractivity contribution in [1.29, 1.82) is 0 Å². The van der Waals surface area contributed by atoms with Crippen molar-refractivity contribution in [3.63, 3.8) is 0 Å². The zero-order chi connectivity index (χ0) is 15.4. The number of benzene rings is 1. The van der Waals surface area contributed by atoms with Gasteiger partial charge < -0.3 is 4.74 Å². The largest absolute Gasteiger partial charge is 0.485 e. The van der Waals surface area contributed by atoms with Gasteiger partial charge in [-0.3, -0.25) is 10.2 Å². The highest BCUT2D eigenvalue weighted by Gasteiger charge is 2.10. The second kappa shape index (κ2) is 7.87. The molecule has 3 N–H and O–H groups in total. The van der Waals surface area contributed by atoms with Crippen LogP contribution in [0, 0.1) is 10.7 Å². The van der Waals surface area contributed by atoms with Crippen LogP contribution in [-0.4, -0.2) is 10.9 Å². The van der Waals surface area contributed by atoms with Crippen LogP contribution < -0.4 is 16.0 Å². The zero-order valence-electron chi connectivity index (χ0n) is 10.6. The lowest BCUT2D eigenvalue weighted by atomic mass is 10.3. The van der Waals surface area contributed by atoms with Crippen molar-refractivity contribution in [1.82, 2.24) is 10.4 Å². The second-order valence-corrected chi connectivity index (χ2v) is 7.54. The van der Waals surface area contributed by atoms with Crippen molar-refractivity contribution < 1.29 is 9.53 Å². The lowest BCUT2D eigenvalue weighted by molar-refractivity contribution is 0.0948. The first kappa shape index (κ1) is 17.1. The summed E-state index contributed by atoms with van der Waals surface area (Å²) in [5.41, 5.74) is 3.00. The number of nitrogens with zero attached hydrogens (tertiary/aromatic N) is 1. The van der Waals surface area contributed by atoms with Crippen molar-refractivity contribution in [2.24, 2.45) is 5.84 Å². The second-order valence-electron chi connectivity index (χ2n) is 3.97. The van der Waals surface area contributed by atoms with Gasteiger partial charge in [0.2, 0.25) is 0 Å². The normalized spacial score (nSPS) is 10.3. The maximum absolute atomic E-state index is 11.4. The van der Waals surface area contributed by atoms with Crippen molar-refractivity contribution >= 4 is 73.7 Å². The number of carbonyl (C=O) groups excluding carboxylic acids is 1. The highest BCUT2D eigenvalue weighted by Crippen LogP contribution is 2.30. The molecule has 2 aromatic rings. The number of rotatable bonds is 4. The highest BCUT2D eigenvalue weighted by molar-refractivity contribution is 14.1. The monoisotopic (exact) mass is 621 g/mol. The topological polar surface area (TPSA) is 77.2 Å². The number of amides is 1. The van der Waals surface area contributed by atoms with Crippen LogP contribution in [-0.2, 0) is 6.61 Å². The lowest BCUT2D eigenvalue weighted by Crippen LogP contribution is -2.30. The number of ether oxygens (including phenoxy) is 1. The molecule has 0 aliphatic rings. The SMILES string of the molecule is NNC(=O)c1cccc(COc2c(I)cc(I)cc2I)n1. The summed E-state index contributed by atoms with van der Waals surface area (Å²) in [5.74, 6) is 5.50. The van der Waals surface area contributed by atoms with Gasteiger partial charge >= 0.3 is 0 Å². The number of nitrogens with one attached hydrogen (secondary N) is 1. The molecule has 2 rings (SSSR count). The van der Waals surface area contributed by atoms with Crippen LogP contribution >= 0.6 is 67.8 Å². The first-order valence-corrected chi connectivity index (χ1v) is 8.99. The van der Waals surface area contributed by atoms with Gasteiger partial charge in [-0.2, -0.15) is 0 Å². The summed E-state index contributed by atoms with van der Waals surface area (Å²) in [7, 11) is 0. The van der Waals surface area contributed by atoms with Crippen molar-refractivity contribution in [3.8, 4) is 5.75 Å². The van der Waals surface area contributed by atoms with Crippen LogP contribution in [0.2, 0.25) is 0 Å². The van der Waals surface area contributed by atoms with E-state index >= 15 is 0 Å². The summed E-state index contributed by atoms with van der Waals surface area (Å²) in [6, 6.07) is 9.25. The molecule has 0 spiro atoms. The molecule has 1 amide bonds. The highest BCUT2D eigenvalue weighted by atomic mass is 127. The van der Waals surface area contributed by atoms with Crippen LogP contribution in [0.25, 0.3) is 0 Å². The van der Waals surface area contributed by atoms with Gasteiger partial charge in [0.05, 0.1) is 12.8 Å². The van der Waals surface area contributed by atoms with Crippen LogP contribution in [0.15, 0.2) is 30.3 Å². The summed E-state index contributed by atoms with van der Waals surface area (Å²) >= 11 is 6.75. The number of aromatic nitrogens is 1. The Morgan fingerprint density at radius 2 is 1.90 bits per heavy atom. The van der Waals surface area contributed by atoms with E-state index < -0.39 is 5.91 Å². The molecule has 0 unspecified atom stereocenters. The van der Waals surface area contributed by atoms with E-state index in [1.165, 1.54) is 0 Å². The molecule has 0 fully saturated rings. The summed E-state index contributed by atoms with van der Waals surface area (Å²) in [6.45, 7) is 0.290. The number of halogens is 3. The molecule has 1 aromatic carbocycles. The van der Waals surface area contributed by atoms with E-state index in [-0.39, 0.29) is 12.3 Å². The minimum absolute atomic E-state index is 0.269. The van der Waals surface area contributed by atoms with E-state index in [4.69, 9.17) is 10.6 Å². The van der Waals surface area contributed by atoms with E-state index in [9.17, 15) is 4.79 Å². The van der Waals surface area contributed by atoms with Crippen molar-refractivity contribution in [3.05, 3.63) is 52.4 Å². The molecule has 0 bridgehead atoms. The maximum Gasteiger partial charge on any atom is 0.283 e. The minimum Gasteiger partial charge on any atom is -0.485 e. The Morgan fingerprint density at radius 3 is 2.52 bits per heavy atom. The fourth-order valence-electron chi connectivity index (χ4n) is 1.57. The molecule has 1 aromatic heterocycles. The van der Waals surface area contributed by atoms with Gasteiger partial charge in [0.15, 0.2) is 0 Å². The first-order chi connectivity index (χ1) is 10.0. The number of carbonyl (C=O) groups is 1. The van der Waals surface area contributed by atoms with Crippen LogP contribution in [0.1, 0.15) is 16.2 Å². The van der Waals surface area contributed by atoms with Gasteiger partial charge in [0.25, 0.3) is 5.91 Å². The number of nitrogens with two attached hydrogens (primary N) is 1. The van der Waals surface area contributed by atoms with Gasteiger partial charge in [0.1, 0.15) is 18.1 Å². The number of hydrazine groups is 1. The Balaban J connectivity index is 2.15. The van der Waals surface area contributed by atoms with Gasteiger partial charge in [-0.15, -0.1) is 0 Å². The molecule has 5 nitrogen and oxygen atoms in total. The third-order valence-electron chi connectivity index (χ3n) is 2.50. The standard InChI is InChI=1S/C13H10I3N3O2/c14-7-4-9(15)12(10(16)5-7)21-6-8-2-1-3-11(18-8)13(20)19-17/h1-5H,6,17H2,(H,19,20). The average Bonchev–Trinajstić information content (AvgIpc) is 2.45. The number of pyridine rings is 1. The molecule has 0 saturated heterocycles. The smallest absolute Gasteiger partial charge is 0.283 e. The maximum atomic E-state index is 11.4. The predicted molar refractivity (Wildman–Crippen MR) is 105 cm³/mol. The molecule has 21 heavy (non-hydrogen) atoms. The van der Waals surface area contributed by atoms with Crippen LogP contribution in [0.4, 0.5) is 0 Å². The molecule has 1 heterocycles. The molecular weight excluding hydrogens is 611 g/mol. The summed E-state index contributed by atoms with van der Waals surface area (Å²) in [4.78, 5) is 15.7. The molecule has 0 saturated carbocycles. The fourth-order valence-corrected chi connectivity index (χ4v) is 5.47. The molecule has 0 aliphatic heterocycles. The van der Waals surface area contributed by atoms with Crippen molar-refractivity contribution in [2.45, 2.75) is 6.61 Å². The first-order valence-electron chi connectivity index (χ1n) is 5.75. The zero-order valence-corrected chi connectivity index (χ0v) is 17.0. The van der Waals surface area contributed by atoms with Crippen molar-refractivity contribution in [2.75, 3.05) is 0 Å². The third kappa shape index (κ3) is 4.63. The molecular formula is C13H10I3N3O2. The lowest BCUT2D eigenvalue weighted by Gasteiger charge is -2.11. The molecule has 0 radical (unpaired) electrons. The Labute approximate surface area is 162 Å². The number of hydrogen-bond acceptors (Lipinski definition) is 4. The van der Waals surface area contributed by atoms with E-state index in [0.29, 0.717) is 5.69 Å². The third-order valence-corrected chi connectivity index (χ3v) is 4.72. The van der Waals surface area contributed by atoms with Gasteiger partial charge in [-0.25, -0.2) is 10.8 Å². The van der Waals surface area contributed by atoms with E-state index in [0.717, 1.165) is 16.5 Å². The van der Waals surface area contributed by atoms with Crippen LogP contribution in [0.3, 0.4) is 0 Å². The van der Waals surface area contributed by atoms with Crippen LogP contribution in [0.5, 0.6) is 5.75 Å². The van der Waals surface area contributed by atoms with Gasteiger partial charge in [-0.1, -0.05) is 6.07 Å². The van der Waals surface area contributed by atoms with E-state index in [2.05, 4.69) is 78.2 Å². The predicted octanol–water partition coefficient (Wildman–Crippen LogP) is 3.08.